The molecule has 96 valence electrons. The van der Waals surface area contributed by atoms with Crippen LogP contribution in [0.2, 0.25) is 0 Å². The molecule has 4 atom stereocenters. The molecule has 1 amide bonds. The van der Waals surface area contributed by atoms with Crippen LogP contribution >= 0.6 is 12.4 Å². The van der Waals surface area contributed by atoms with E-state index in [4.69, 9.17) is 5.73 Å². The van der Waals surface area contributed by atoms with Crippen LogP contribution in [0.3, 0.4) is 0 Å². The lowest BCUT2D eigenvalue weighted by Crippen LogP contribution is -2.43. The Labute approximate surface area is 105 Å². The number of carbonyl (C=O) groups excluding carboxylic acids is 1. The van der Waals surface area contributed by atoms with Gasteiger partial charge >= 0.3 is 0 Å². The Bertz CT molecular complexity index is 233. The minimum Gasteiger partial charge on any atom is -0.339 e. The van der Waals surface area contributed by atoms with Gasteiger partial charge in [-0.2, -0.15) is 0 Å². The summed E-state index contributed by atoms with van der Waals surface area (Å²) in [5.41, 5.74) is 5.78. The second kappa shape index (κ2) is 6.45. The summed E-state index contributed by atoms with van der Waals surface area (Å²) in [6.45, 7) is 9.12. The third-order valence-corrected chi connectivity index (χ3v) is 3.56. The summed E-state index contributed by atoms with van der Waals surface area (Å²) >= 11 is 0. The van der Waals surface area contributed by atoms with Gasteiger partial charge in [0.1, 0.15) is 0 Å². The van der Waals surface area contributed by atoms with Crippen LogP contribution in [0.4, 0.5) is 0 Å². The van der Waals surface area contributed by atoms with Crippen LogP contribution in [-0.2, 0) is 4.79 Å². The second-order valence-corrected chi connectivity index (χ2v) is 5.04. The highest BCUT2D eigenvalue weighted by molar-refractivity contribution is 5.85. The number of likely N-dealkylation sites (tertiary alicyclic amines) is 1. The maximum absolute atomic E-state index is 12.1. The number of carbonyl (C=O) groups is 1. The number of rotatable bonds is 3. The van der Waals surface area contributed by atoms with Gasteiger partial charge in [0.05, 0.1) is 5.92 Å². The van der Waals surface area contributed by atoms with E-state index in [2.05, 4.69) is 13.8 Å². The van der Waals surface area contributed by atoms with Gasteiger partial charge in [-0.05, 0) is 25.7 Å². The van der Waals surface area contributed by atoms with Crippen molar-refractivity contribution in [1.82, 2.24) is 4.90 Å². The van der Waals surface area contributed by atoms with Gasteiger partial charge < -0.3 is 10.6 Å². The molecule has 0 bridgehead atoms. The molecule has 1 aliphatic rings. The number of nitrogens with zero attached hydrogens (tertiary/aromatic N) is 1. The van der Waals surface area contributed by atoms with Crippen molar-refractivity contribution in [2.45, 2.75) is 52.6 Å². The number of amides is 1. The quantitative estimate of drug-likeness (QED) is 0.831. The Balaban J connectivity index is 0.00000225. The zero-order chi connectivity index (χ0) is 11.6. The molecule has 0 aromatic heterocycles. The first-order valence-corrected chi connectivity index (χ1v) is 6.03. The molecular formula is C12H25ClN2O. The Kier molecular flexibility index (Phi) is 6.34. The van der Waals surface area contributed by atoms with E-state index in [-0.39, 0.29) is 30.3 Å². The molecule has 0 aromatic carbocycles. The fourth-order valence-corrected chi connectivity index (χ4v) is 2.29. The zero-order valence-electron chi connectivity index (χ0n) is 10.8. The normalized spacial score (nSPS) is 28.4. The van der Waals surface area contributed by atoms with Gasteiger partial charge in [0.2, 0.25) is 5.91 Å². The van der Waals surface area contributed by atoms with Crippen molar-refractivity contribution >= 4 is 18.3 Å². The summed E-state index contributed by atoms with van der Waals surface area (Å²) in [5.74, 6) is 0.824. The maximum Gasteiger partial charge on any atom is 0.227 e. The maximum atomic E-state index is 12.1. The molecule has 0 radical (unpaired) electrons. The van der Waals surface area contributed by atoms with E-state index < -0.39 is 0 Å². The summed E-state index contributed by atoms with van der Waals surface area (Å²) in [6, 6.07) is 0.389. The van der Waals surface area contributed by atoms with E-state index in [1.54, 1.807) is 0 Å². The number of hydrogen-bond donors (Lipinski definition) is 1. The highest BCUT2D eigenvalue weighted by Gasteiger charge is 2.34. The molecule has 0 aliphatic carbocycles. The van der Waals surface area contributed by atoms with Crippen molar-refractivity contribution in [3.63, 3.8) is 0 Å². The van der Waals surface area contributed by atoms with E-state index in [0.717, 1.165) is 19.4 Å². The van der Waals surface area contributed by atoms with Crippen molar-refractivity contribution in [3.8, 4) is 0 Å². The van der Waals surface area contributed by atoms with Crippen LogP contribution in [0.1, 0.15) is 40.5 Å². The van der Waals surface area contributed by atoms with Crippen LogP contribution in [0.15, 0.2) is 0 Å². The molecule has 2 N–H and O–H groups in total. The topological polar surface area (TPSA) is 46.3 Å². The Hall–Kier alpha value is -0.280. The van der Waals surface area contributed by atoms with Gasteiger partial charge in [-0.3, -0.25) is 4.79 Å². The van der Waals surface area contributed by atoms with Crippen LogP contribution in [-0.4, -0.2) is 29.4 Å². The SMILES string of the molecule is CCC1CC(C)CN1C(=O)C(C)C(C)N.Cl. The first-order valence-electron chi connectivity index (χ1n) is 6.03. The molecule has 1 aliphatic heterocycles. The predicted octanol–water partition coefficient (Wildman–Crippen LogP) is 2.04. The van der Waals surface area contributed by atoms with Gasteiger partial charge in [0.25, 0.3) is 0 Å². The lowest BCUT2D eigenvalue weighted by atomic mass is 10.0. The third kappa shape index (κ3) is 3.36. The van der Waals surface area contributed by atoms with Gasteiger partial charge in [0.15, 0.2) is 0 Å². The Morgan fingerprint density at radius 1 is 1.50 bits per heavy atom. The molecule has 4 unspecified atom stereocenters. The van der Waals surface area contributed by atoms with E-state index in [1.165, 1.54) is 0 Å². The Morgan fingerprint density at radius 3 is 2.50 bits per heavy atom. The van der Waals surface area contributed by atoms with Crippen molar-refractivity contribution in [3.05, 3.63) is 0 Å². The van der Waals surface area contributed by atoms with Crippen LogP contribution < -0.4 is 5.73 Å². The average Bonchev–Trinajstić information content (AvgIpc) is 2.57. The van der Waals surface area contributed by atoms with Crippen molar-refractivity contribution in [2.75, 3.05) is 6.54 Å². The summed E-state index contributed by atoms with van der Waals surface area (Å²) in [7, 11) is 0. The molecule has 0 aromatic rings. The van der Waals surface area contributed by atoms with E-state index in [0.29, 0.717) is 12.0 Å². The van der Waals surface area contributed by atoms with Crippen LogP contribution in [0.5, 0.6) is 0 Å². The molecule has 1 fully saturated rings. The van der Waals surface area contributed by atoms with Crippen LogP contribution in [0, 0.1) is 11.8 Å². The van der Waals surface area contributed by atoms with E-state index in [9.17, 15) is 4.79 Å². The molecule has 1 saturated heterocycles. The Morgan fingerprint density at radius 2 is 2.06 bits per heavy atom. The molecule has 0 saturated carbocycles. The van der Waals surface area contributed by atoms with Gasteiger partial charge in [-0.15, -0.1) is 12.4 Å². The first kappa shape index (κ1) is 15.7. The summed E-state index contributed by atoms with van der Waals surface area (Å²) in [5, 5.41) is 0. The minimum atomic E-state index is -0.0515. The average molecular weight is 249 g/mol. The molecule has 0 spiro atoms. The third-order valence-electron chi connectivity index (χ3n) is 3.56. The fourth-order valence-electron chi connectivity index (χ4n) is 2.29. The number of halogens is 1. The number of hydrogen-bond acceptors (Lipinski definition) is 2. The van der Waals surface area contributed by atoms with Crippen molar-refractivity contribution in [2.24, 2.45) is 17.6 Å². The summed E-state index contributed by atoms with van der Waals surface area (Å²) in [6.07, 6.45) is 2.20. The van der Waals surface area contributed by atoms with Gasteiger partial charge in [-0.1, -0.05) is 20.8 Å². The number of nitrogens with two attached hydrogens (primary N) is 1. The molecular weight excluding hydrogens is 224 g/mol. The summed E-state index contributed by atoms with van der Waals surface area (Å²) in [4.78, 5) is 14.2. The highest BCUT2D eigenvalue weighted by atomic mass is 35.5. The van der Waals surface area contributed by atoms with Gasteiger partial charge in [0, 0.05) is 18.6 Å². The lowest BCUT2D eigenvalue weighted by molar-refractivity contribution is -0.136. The standard InChI is InChI=1S/C12H24N2O.ClH/c1-5-11-6-8(2)7-14(11)12(15)9(3)10(4)13;/h8-11H,5-7,13H2,1-4H3;1H. The predicted molar refractivity (Wildman–Crippen MR) is 69.6 cm³/mol. The lowest BCUT2D eigenvalue weighted by Gasteiger charge is -2.28. The van der Waals surface area contributed by atoms with E-state index in [1.807, 2.05) is 18.7 Å². The highest BCUT2D eigenvalue weighted by Crippen LogP contribution is 2.26. The molecule has 3 nitrogen and oxygen atoms in total. The van der Waals surface area contributed by atoms with Crippen LogP contribution in [0.25, 0.3) is 0 Å². The second-order valence-electron chi connectivity index (χ2n) is 5.04. The minimum absolute atomic E-state index is 0. The molecule has 4 heteroatoms. The first-order chi connectivity index (χ1) is 6.97. The molecule has 1 rings (SSSR count). The zero-order valence-corrected chi connectivity index (χ0v) is 11.6. The van der Waals surface area contributed by atoms with Crippen molar-refractivity contribution < 1.29 is 4.79 Å². The molecule has 16 heavy (non-hydrogen) atoms. The summed E-state index contributed by atoms with van der Waals surface area (Å²) < 4.78 is 0. The largest absolute Gasteiger partial charge is 0.339 e. The smallest absolute Gasteiger partial charge is 0.227 e. The van der Waals surface area contributed by atoms with Crippen molar-refractivity contribution in [1.29, 1.82) is 0 Å². The monoisotopic (exact) mass is 248 g/mol. The van der Waals surface area contributed by atoms with E-state index >= 15 is 0 Å². The molecule has 1 heterocycles. The fraction of sp³-hybridized carbons (Fsp3) is 0.917. The van der Waals surface area contributed by atoms with Gasteiger partial charge in [-0.25, -0.2) is 0 Å².